The third kappa shape index (κ3) is 1.73. The van der Waals surface area contributed by atoms with Crippen LogP contribution in [0.2, 0.25) is 0 Å². The van der Waals surface area contributed by atoms with Gasteiger partial charge in [-0.15, -0.1) is 0 Å². The number of Topliss-reactive ketones (excluding diaryl/α,β-unsaturated/α-hetero) is 1. The number of rotatable bonds is 2. The third-order valence-electron chi connectivity index (χ3n) is 9.05. The summed E-state index contributed by atoms with van der Waals surface area (Å²) in [5, 5.41) is 21.0. The summed E-state index contributed by atoms with van der Waals surface area (Å²) in [6, 6.07) is 0. The van der Waals surface area contributed by atoms with E-state index in [9.17, 15) is 19.8 Å². The van der Waals surface area contributed by atoms with Crippen molar-refractivity contribution in [3.8, 4) is 0 Å². The summed E-state index contributed by atoms with van der Waals surface area (Å²) in [4.78, 5) is 24.6. The topological polar surface area (TPSA) is 87.1 Å². The molecule has 5 heteroatoms. The van der Waals surface area contributed by atoms with Crippen LogP contribution < -0.4 is 0 Å². The lowest BCUT2D eigenvalue weighted by Gasteiger charge is -2.54. The van der Waals surface area contributed by atoms with E-state index < -0.39 is 23.4 Å². The molecular weight excluding hydrogens is 344 g/mol. The van der Waals surface area contributed by atoms with Crippen molar-refractivity contribution >= 4 is 11.6 Å². The van der Waals surface area contributed by atoms with Crippen LogP contribution in [0.1, 0.15) is 46.5 Å². The molecule has 0 aromatic rings. The number of carbonyl (C=O) groups excluding carboxylic acids is 2. The second-order valence-corrected chi connectivity index (χ2v) is 9.86. The summed E-state index contributed by atoms with van der Waals surface area (Å²) in [7, 11) is 0. The largest absolute Gasteiger partial charge is 0.388 e. The normalized spacial score (nSPS) is 55.1. The van der Waals surface area contributed by atoms with Crippen molar-refractivity contribution in [2.75, 3.05) is 6.61 Å². The van der Waals surface area contributed by atoms with Gasteiger partial charge < -0.3 is 14.9 Å². The zero-order chi connectivity index (χ0) is 19.4. The number of epoxide rings is 1. The summed E-state index contributed by atoms with van der Waals surface area (Å²) >= 11 is 0. The standard InChI is InChI=1S/C22H28O5/c1-12-8-16-15-5-4-13-9-14(24)6-7-19(13,2)22(15)18(27-22)10-20(16,3)21(12,26)17(25)11-23/h4,6-7,12,15-16,18,23,26H,5,8-11H2,1-3H3/t12-,15?,16?,18+,19+,20+,21+,22-/m1/s1. The van der Waals surface area contributed by atoms with Crippen LogP contribution in [-0.2, 0) is 14.3 Å². The van der Waals surface area contributed by atoms with Gasteiger partial charge in [0.05, 0.1) is 6.10 Å². The van der Waals surface area contributed by atoms with Gasteiger partial charge in [-0.05, 0) is 50.0 Å². The molecule has 2 unspecified atom stereocenters. The van der Waals surface area contributed by atoms with E-state index in [-0.39, 0.29) is 40.7 Å². The van der Waals surface area contributed by atoms with Crippen molar-refractivity contribution in [1.82, 2.24) is 0 Å². The Morgan fingerprint density at radius 1 is 1.33 bits per heavy atom. The number of ketones is 2. The summed E-state index contributed by atoms with van der Waals surface area (Å²) in [5.41, 5.74) is -1.57. The molecule has 2 N–H and O–H groups in total. The first-order valence-electron chi connectivity index (χ1n) is 10.1. The third-order valence-corrected chi connectivity index (χ3v) is 9.05. The fourth-order valence-electron chi connectivity index (χ4n) is 7.60. The van der Waals surface area contributed by atoms with E-state index in [2.05, 4.69) is 13.0 Å². The number of hydrogen-bond acceptors (Lipinski definition) is 5. The van der Waals surface area contributed by atoms with E-state index in [4.69, 9.17) is 4.74 Å². The van der Waals surface area contributed by atoms with Gasteiger partial charge in [0.25, 0.3) is 0 Å². The van der Waals surface area contributed by atoms with Crippen LogP contribution in [0, 0.1) is 28.6 Å². The monoisotopic (exact) mass is 372 g/mol. The molecule has 1 saturated heterocycles. The van der Waals surface area contributed by atoms with E-state index in [1.54, 1.807) is 6.08 Å². The molecule has 0 bridgehead atoms. The number of aliphatic hydroxyl groups excluding tert-OH is 1. The molecule has 1 aliphatic heterocycles. The Morgan fingerprint density at radius 2 is 2.07 bits per heavy atom. The maximum absolute atomic E-state index is 12.6. The lowest BCUT2D eigenvalue weighted by atomic mass is 9.47. The molecule has 3 fully saturated rings. The molecule has 146 valence electrons. The Kier molecular flexibility index (Phi) is 3.29. The Hall–Kier alpha value is -1.30. The number of ether oxygens (including phenoxy) is 1. The van der Waals surface area contributed by atoms with Crippen LogP contribution >= 0.6 is 0 Å². The molecule has 0 aromatic heterocycles. The molecule has 1 heterocycles. The van der Waals surface area contributed by atoms with E-state index in [0.29, 0.717) is 12.8 Å². The molecule has 2 saturated carbocycles. The van der Waals surface area contributed by atoms with Gasteiger partial charge in [0.1, 0.15) is 17.8 Å². The lowest BCUT2D eigenvalue weighted by Crippen LogP contribution is -2.62. The van der Waals surface area contributed by atoms with Crippen LogP contribution in [0.15, 0.2) is 23.8 Å². The van der Waals surface area contributed by atoms with Crippen molar-refractivity contribution in [2.45, 2.75) is 63.8 Å². The van der Waals surface area contributed by atoms with Crippen molar-refractivity contribution in [1.29, 1.82) is 0 Å². The van der Waals surface area contributed by atoms with E-state index >= 15 is 0 Å². The van der Waals surface area contributed by atoms with Crippen molar-refractivity contribution in [3.05, 3.63) is 23.8 Å². The Morgan fingerprint density at radius 3 is 2.78 bits per heavy atom. The van der Waals surface area contributed by atoms with Crippen LogP contribution in [0.3, 0.4) is 0 Å². The minimum Gasteiger partial charge on any atom is -0.388 e. The first kappa shape index (κ1) is 17.8. The fourth-order valence-corrected chi connectivity index (χ4v) is 7.60. The van der Waals surface area contributed by atoms with Gasteiger partial charge in [0.2, 0.25) is 0 Å². The number of fused-ring (bicyclic) bond motifs is 3. The molecule has 4 aliphatic carbocycles. The SMILES string of the molecule is C[C@@H]1CC2C3CC=C4CC(=O)C=C[C@]4(C)[C@@]34O[C@H]4C[C@]2(C)[C@@]1(O)C(=O)CO. The molecular formula is C22H28O5. The number of aliphatic hydroxyl groups is 2. The van der Waals surface area contributed by atoms with Gasteiger partial charge >= 0.3 is 0 Å². The number of allylic oxidation sites excluding steroid dienone is 2. The van der Waals surface area contributed by atoms with Gasteiger partial charge in [-0.3, -0.25) is 9.59 Å². The summed E-state index contributed by atoms with van der Waals surface area (Å²) < 4.78 is 6.43. The predicted octanol–water partition coefficient (Wildman–Crippen LogP) is 1.96. The van der Waals surface area contributed by atoms with E-state index in [0.717, 1.165) is 18.4 Å². The second-order valence-electron chi connectivity index (χ2n) is 9.86. The number of carbonyl (C=O) groups is 2. The van der Waals surface area contributed by atoms with Gasteiger partial charge in [0.15, 0.2) is 11.6 Å². The first-order chi connectivity index (χ1) is 12.6. The van der Waals surface area contributed by atoms with Gasteiger partial charge in [0, 0.05) is 17.3 Å². The summed E-state index contributed by atoms with van der Waals surface area (Å²) in [6.45, 7) is 5.50. The number of hydrogen-bond donors (Lipinski definition) is 2. The molecule has 5 rings (SSSR count). The van der Waals surface area contributed by atoms with Gasteiger partial charge in [-0.2, -0.15) is 0 Å². The Balaban J connectivity index is 1.61. The van der Waals surface area contributed by atoms with E-state index in [1.165, 1.54) is 0 Å². The first-order valence-corrected chi connectivity index (χ1v) is 10.1. The zero-order valence-corrected chi connectivity index (χ0v) is 16.2. The van der Waals surface area contributed by atoms with Crippen LogP contribution in [0.5, 0.6) is 0 Å². The van der Waals surface area contributed by atoms with Crippen LogP contribution in [0.4, 0.5) is 0 Å². The van der Waals surface area contributed by atoms with Crippen LogP contribution in [0.25, 0.3) is 0 Å². The fraction of sp³-hybridized carbons (Fsp3) is 0.727. The highest BCUT2D eigenvalue weighted by Crippen LogP contribution is 2.75. The predicted molar refractivity (Wildman–Crippen MR) is 97.7 cm³/mol. The van der Waals surface area contributed by atoms with Gasteiger partial charge in [-0.1, -0.05) is 31.6 Å². The van der Waals surface area contributed by atoms with E-state index in [1.807, 2.05) is 19.9 Å². The average molecular weight is 372 g/mol. The van der Waals surface area contributed by atoms with Crippen molar-refractivity contribution in [2.24, 2.45) is 28.6 Å². The maximum Gasteiger partial charge on any atom is 0.190 e. The Labute approximate surface area is 159 Å². The minimum absolute atomic E-state index is 0.0291. The van der Waals surface area contributed by atoms with Crippen LogP contribution in [-0.4, -0.2) is 45.7 Å². The second kappa shape index (κ2) is 5.00. The smallest absolute Gasteiger partial charge is 0.190 e. The molecule has 0 aromatic carbocycles. The lowest BCUT2D eigenvalue weighted by molar-refractivity contribution is -0.165. The van der Waals surface area contributed by atoms with Crippen molar-refractivity contribution < 1.29 is 24.5 Å². The molecule has 8 atom stereocenters. The molecule has 5 nitrogen and oxygen atoms in total. The Bertz CT molecular complexity index is 814. The molecule has 1 spiro atoms. The van der Waals surface area contributed by atoms with Gasteiger partial charge in [-0.25, -0.2) is 0 Å². The summed E-state index contributed by atoms with van der Waals surface area (Å²) in [6.07, 6.45) is 8.56. The highest BCUT2D eigenvalue weighted by atomic mass is 16.6. The molecule has 0 radical (unpaired) electrons. The quantitative estimate of drug-likeness (QED) is 0.572. The molecule has 5 aliphatic rings. The highest BCUT2D eigenvalue weighted by Gasteiger charge is 2.81. The zero-order valence-electron chi connectivity index (χ0n) is 16.2. The average Bonchev–Trinajstić information content (AvgIpc) is 3.31. The maximum atomic E-state index is 12.6. The van der Waals surface area contributed by atoms with Crippen molar-refractivity contribution in [3.63, 3.8) is 0 Å². The minimum atomic E-state index is -1.51. The highest BCUT2D eigenvalue weighted by molar-refractivity contribution is 5.94. The molecule has 27 heavy (non-hydrogen) atoms. The molecule has 0 amide bonds. The summed E-state index contributed by atoms with van der Waals surface area (Å²) in [5.74, 6) is -0.162.